The third-order valence-corrected chi connectivity index (χ3v) is 5.02. The van der Waals surface area contributed by atoms with E-state index in [1.165, 1.54) is 31.2 Å². The van der Waals surface area contributed by atoms with Crippen LogP contribution in [0.5, 0.6) is 0 Å². The van der Waals surface area contributed by atoms with Gasteiger partial charge < -0.3 is 10.2 Å². The van der Waals surface area contributed by atoms with Gasteiger partial charge in [-0.25, -0.2) is 4.39 Å². The van der Waals surface area contributed by atoms with Crippen LogP contribution in [0.3, 0.4) is 0 Å². The Morgan fingerprint density at radius 3 is 2.52 bits per heavy atom. The fourth-order valence-corrected chi connectivity index (χ4v) is 3.62. The van der Waals surface area contributed by atoms with E-state index in [0.717, 1.165) is 24.9 Å². The first-order valence-electron chi connectivity index (χ1n) is 8.24. The quantitative estimate of drug-likeness (QED) is 0.853. The molecule has 0 saturated heterocycles. The Kier molecular flexibility index (Phi) is 6.19. The predicted molar refractivity (Wildman–Crippen MR) is 86.9 cm³/mol. The molecular formula is C18H29FN2. The Morgan fingerprint density at radius 2 is 1.90 bits per heavy atom. The van der Waals surface area contributed by atoms with Gasteiger partial charge >= 0.3 is 0 Å². The Labute approximate surface area is 128 Å². The minimum Gasteiger partial charge on any atom is -0.313 e. The molecule has 21 heavy (non-hydrogen) atoms. The summed E-state index contributed by atoms with van der Waals surface area (Å²) < 4.78 is 13.0. The molecule has 0 bridgehead atoms. The zero-order valence-electron chi connectivity index (χ0n) is 13.6. The molecular weight excluding hydrogens is 263 g/mol. The van der Waals surface area contributed by atoms with Crippen LogP contribution in [0.2, 0.25) is 0 Å². The van der Waals surface area contributed by atoms with Gasteiger partial charge in [0.1, 0.15) is 5.82 Å². The highest BCUT2D eigenvalue weighted by Gasteiger charge is 2.25. The van der Waals surface area contributed by atoms with Crippen molar-refractivity contribution in [1.82, 2.24) is 10.2 Å². The van der Waals surface area contributed by atoms with E-state index < -0.39 is 0 Å². The molecule has 1 saturated carbocycles. The zero-order valence-corrected chi connectivity index (χ0v) is 13.6. The van der Waals surface area contributed by atoms with Crippen molar-refractivity contribution in [3.8, 4) is 0 Å². The maximum Gasteiger partial charge on any atom is 0.123 e. The molecule has 0 heterocycles. The van der Waals surface area contributed by atoms with E-state index in [9.17, 15) is 4.39 Å². The van der Waals surface area contributed by atoms with E-state index in [1.54, 1.807) is 12.1 Å². The van der Waals surface area contributed by atoms with Gasteiger partial charge in [-0.1, -0.05) is 31.9 Å². The summed E-state index contributed by atoms with van der Waals surface area (Å²) in [6.45, 7) is 3.47. The maximum absolute atomic E-state index is 13.0. The van der Waals surface area contributed by atoms with Crippen LogP contribution in [-0.4, -0.2) is 31.6 Å². The summed E-state index contributed by atoms with van der Waals surface area (Å²) in [5, 5.41) is 3.36. The van der Waals surface area contributed by atoms with Crippen LogP contribution in [0, 0.1) is 11.7 Å². The van der Waals surface area contributed by atoms with Crippen LogP contribution in [-0.2, 0) is 0 Å². The van der Waals surface area contributed by atoms with Crippen LogP contribution in [0.25, 0.3) is 0 Å². The lowest BCUT2D eigenvalue weighted by Crippen LogP contribution is -2.40. The number of nitrogens with one attached hydrogen (secondary N) is 1. The number of rotatable bonds is 6. The highest BCUT2D eigenvalue weighted by molar-refractivity contribution is 5.19. The third-order valence-electron chi connectivity index (χ3n) is 5.02. The molecule has 2 nitrogen and oxygen atoms in total. The van der Waals surface area contributed by atoms with Crippen molar-refractivity contribution in [2.75, 3.05) is 20.6 Å². The molecule has 1 aliphatic rings. The first kappa shape index (κ1) is 16.4. The Bertz CT molecular complexity index is 418. The van der Waals surface area contributed by atoms with Crippen LogP contribution in [0.15, 0.2) is 24.3 Å². The number of nitrogens with zero attached hydrogens (tertiary/aromatic N) is 1. The third kappa shape index (κ3) is 4.52. The molecule has 1 aromatic carbocycles. The monoisotopic (exact) mass is 292 g/mol. The lowest BCUT2D eigenvalue weighted by atomic mass is 9.85. The fraction of sp³-hybridized carbons (Fsp3) is 0.667. The summed E-state index contributed by atoms with van der Waals surface area (Å²) in [6.07, 6.45) is 6.51. The molecule has 3 unspecified atom stereocenters. The normalized spacial score (nSPS) is 24.2. The standard InChI is InChI=1S/C18H29FN2/c1-14-6-4-5-7-18(14)21(3)13-12-17(20-2)15-8-10-16(19)11-9-15/h8-11,14,17-18,20H,4-7,12-13H2,1-3H3. The average Bonchev–Trinajstić information content (AvgIpc) is 2.49. The summed E-state index contributed by atoms with van der Waals surface area (Å²) in [7, 11) is 4.24. The molecule has 3 heteroatoms. The largest absolute Gasteiger partial charge is 0.313 e. The molecule has 1 N–H and O–H groups in total. The highest BCUT2D eigenvalue weighted by atomic mass is 19.1. The Morgan fingerprint density at radius 1 is 1.24 bits per heavy atom. The second-order valence-corrected chi connectivity index (χ2v) is 6.49. The van der Waals surface area contributed by atoms with Crippen molar-refractivity contribution in [2.45, 2.75) is 51.1 Å². The van der Waals surface area contributed by atoms with E-state index in [1.807, 2.05) is 19.2 Å². The molecule has 0 aromatic heterocycles. The van der Waals surface area contributed by atoms with Gasteiger partial charge in [-0.3, -0.25) is 0 Å². The van der Waals surface area contributed by atoms with Crippen LogP contribution in [0.1, 0.15) is 50.6 Å². The van der Waals surface area contributed by atoms with E-state index in [0.29, 0.717) is 6.04 Å². The zero-order chi connectivity index (χ0) is 15.2. The molecule has 1 aliphatic carbocycles. The summed E-state index contributed by atoms with van der Waals surface area (Å²) in [5.41, 5.74) is 1.17. The average molecular weight is 292 g/mol. The van der Waals surface area contributed by atoms with E-state index in [-0.39, 0.29) is 5.82 Å². The molecule has 1 aromatic rings. The van der Waals surface area contributed by atoms with Crippen LogP contribution >= 0.6 is 0 Å². The van der Waals surface area contributed by atoms with Gasteiger partial charge in [-0.05, 0) is 63.5 Å². The van der Waals surface area contributed by atoms with E-state index in [2.05, 4.69) is 24.2 Å². The van der Waals surface area contributed by atoms with Gasteiger partial charge in [0.15, 0.2) is 0 Å². The van der Waals surface area contributed by atoms with Crippen molar-refractivity contribution in [1.29, 1.82) is 0 Å². The van der Waals surface area contributed by atoms with Crippen molar-refractivity contribution >= 4 is 0 Å². The maximum atomic E-state index is 13.0. The van der Waals surface area contributed by atoms with Crippen molar-refractivity contribution in [2.24, 2.45) is 5.92 Å². The fourth-order valence-electron chi connectivity index (χ4n) is 3.62. The minimum atomic E-state index is -0.165. The summed E-state index contributed by atoms with van der Waals surface area (Å²) in [5.74, 6) is 0.643. The predicted octanol–water partition coefficient (Wildman–Crippen LogP) is 3.99. The van der Waals surface area contributed by atoms with E-state index >= 15 is 0 Å². The van der Waals surface area contributed by atoms with Crippen molar-refractivity contribution in [3.63, 3.8) is 0 Å². The molecule has 3 atom stereocenters. The van der Waals surface area contributed by atoms with Gasteiger partial charge in [-0.15, -0.1) is 0 Å². The van der Waals surface area contributed by atoms with Gasteiger partial charge in [0.05, 0.1) is 0 Å². The van der Waals surface area contributed by atoms with Crippen molar-refractivity contribution < 1.29 is 4.39 Å². The molecule has 0 radical (unpaired) electrons. The summed E-state index contributed by atoms with van der Waals surface area (Å²) >= 11 is 0. The Hall–Kier alpha value is -0.930. The first-order valence-corrected chi connectivity index (χ1v) is 8.24. The minimum absolute atomic E-state index is 0.165. The Balaban J connectivity index is 1.88. The van der Waals surface area contributed by atoms with Crippen LogP contribution in [0.4, 0.5) is 4.39 Å². The van der Waals surface area contributed by atoms with Gasteiger partial charge in [0.25, 0.3) is 0 Å². The van der Waals surface area contributed by atoms with Gasteiger partial charge in [-0.2, -0.15) is 0 Å². The topological polar surface area (TPSA) is 15.3 Å². The number of hydrogen-bond donors (Lipinski definition) is 1. The van der Waals surface area contributed by atoms with E-state index in [4.69, 9.17) is 0 Å². The molecule has 2 rings (SSSR count). The number of hydrogen-bond acceptors (Lipinski definition) is 2. The van der Waals surface area contributed by atoms with Gasteiger partial charge in [0.2, 0.25) is 0 Å². The molecule has 0 amide bonds. The highest BCUT2D eigenvalue weighted by Crippen LogP contribution is 2.28. The second kappa shape index (κ2) is 7.90. The lowest BCUT2D eigenvalue weighted by Gasteiger charge is -2.37. The van der Waals surface area contributed by atoms with Gasteiger partial charge in [0, 0.05) is 12.1 Å². The first-order chi connectivity index (χ1) is 10.1. The smallest absolute Gasteiger partial charge is 0.123 e. The number of benzene rings is 1. The summed E-state index contributed by atoms with van der Waals surface area (Å²) in [6, 6.07) is 7.90. The summed E-state index contributed by atoms with van der Waals surface area (Å²) in [4.78, 5) is 2.53. The second-order valence-electron chi connectivity index (χ2n) is 6.49. The molecule has 1 fully saturated rings. The van der Waals surface area contributed by atoms with Crippen LogP contribution < -0.4 is 5.32 Å². The SMILES string of the molecule is CNC(CCN(C)C1CCCCC1C)c1ccc(F)cc1. The molecule has 0 aliphatic heterocycles. The number of halogens is 1. The lowest BCUT2D eigenvalue weighted by molar-refractivity contribution is 0.135. The molecule has 0 spiro atoms. The van der Waals surface area contributed by atoms with Crippen molar-refractivity contribution in [3.05, 3.63) is 35.6 Å². The molecule has 118 valence electrons.